The number of H-pyrrole nitrogens is 1. The summed E-state index contributed by atoms with van der Waals surface area (Å²) in [5.41, 5.74) is -1.85. The fraction of sp³-hybridized carbons (Fsp3) is 0.548. The van der Waals surface area contributed by atoms with Gasteiger partial charge in [-0.2, -0.15) is 13.2 Å². The molecule has 0 spiro atoms. The zero-order valence-electron chi connectivity index (χ0n) is 25.2. The van der Waals surface area contributed by atoms with Gasteiger partial charge in [0.05, 0.1) is 24.0 Å². The summed E-state index contributed by atoms with van der Waals surface area (Å²) in [7, 11) is 0.961. The van der Waals surface area contributed by atoms with Crippen molar-refractivity contribution < 1.29 is 41.0 Å². The van der Waals surface area contributed by atoms with Gasteiger partial charge in [0, 0.05) is 52.4 Å². The highest BCUT2D eigenvalue weighted by atomic mass is 28.3. The lowest BCUT2D eigenvalue weighted by atomic mass is 9.82. The molecule has 5 rings (SSSR count). The molecular formula is C31H39F5N2O4Si. The summed E-state index contributed by atoms with van der Waals surface area (Å²) in [6.07, 6.45) is -1.39. The van der Waals surface area contributed by atoms with E-state index < -0.39 is 37.0 Å². The second kappa shape index (κ2) is 12.6. The Balaban J connectivity index is 0.000000467. The summed E-state index contributed by atoms with van der Waals surface area (Å²) >= 11 is 0. The summed E-state index contributed by atoms with van der Waals surface area (Å²) in [6, 6.07) is 4.58. The maximum Gasteiger partial charge on any atom is 0.398 e. The van der Waals surface area contributed by atoms with Crippen LogP contribution in [0.4, 0.5) is 22.0 Å². The number of hydrogen-bond acceptors (Lipinski definition) is 5. The predicted molar refractivity (Wildman–Crippen MR) is 156 cm³/mol. The normalized spacial score (nSPS) is 17.2. The second-order valence-corrected chi connectivity index (χ2v) is 18.7. The molecule has 2 aromatic heterocycles. The van der Waals surface area contributed by atoms with Gasteiger partial charge in [0.2, 0.25) is 0 Å². The number of methoxy groups -OCH3 is 1. The first-order chi connectivity index (χ1) is 20.1. The van der Waals surface area contributed by atoms with Crippen molar-refractivity contribution in [1.82, 2.24) is 9.97 Å². The molecule has 1 aromatic carbocycles. The molecule has 0 bridgehead atoms. The van der Waals surface area contributed by atoms with Crippen LogP contribution in [0.1, 0.15) is 43.7 Å². The van der Waals surface area contributed by atoms with Gasteiger partial charge in [-0.25, -0.2) is 13.8 Å². The van der Waals surface area contributed by atoms with Crippen molar-refractivity contribution in [2.24, 2.45) is 5.41 Å². The Bertz CT molecular complexity index is 1420. The topological polar surface area (TPSA) is 73.4 Å². The summed E-state index contributed by atoms with van der Waals surface area (Å²) in [5.74, 6) is -3.14. The molecule has 43 heavy (non-hydrogen) atoms. The number of aromatic amines is 1. The van der Waals surface area contributed by atoms with E-state index in [0.717, 1.165) is 18.7 Å². The highest BCUT2D eigenvalue weighted by Gasteiger charge is 2.65. The molecule has 3 aromatic rings. The second-order valence-electron chi connectivity index (χ2n) is 13.1. The standard InChI is InChI=1S/C25H23F5N2O3.C6H16OSi/c1-23(12-34-13-23)4-2-15(33)8-14-9-17(26)21(18(27)10-14)35-19-3-7-31-22-20(19)16(11-32-22)24(5-6-24)25(28,29)30;1-7-5-6-8(2,3)4/h3,7,9-11H,2,4-6,8,12-13H2,1H3,(H,31,32);5-6H2,1-4H3. The lowest BCUT2D eigenvalue weighted by Crippen LogP contribution is -2.40. The largest absolute Gasteiger partial charge is 0.450 e. The number of alkyl halides is 3. The number of nitrogens with zero attached hydrogens (tertiary/aromatic N) is 1. The van der Waals surface area contributed by atoms with Gasteiger partial charge in [-0.15, -0.1) is 0 Å². The van der Waals surface area contributed by atoms with Crippen LogP contribution < -0.4 is 4.74 Å². The number of nitrogens with one attached hydrogen (secondary N) is 1. The number of ether oxygens (including phenoxy) is 3. The van der Waals surface area contributed by atoms with Crippen LogP contribution in [0.15, 0.2) is 30.6 Å². The third-order valence-corrected chi connectivity index (χ3v) is 9.68. The quantitative estimate of drug-likeness (QED) is 0.172. The summed E-state index contributed by atoms with van der Waals surface area (Å²) in [4.78, 5) is 19.0. The maximum absolute atomic E-state index is 14.9. The molecule has 236 valence electrons. The van der Waals surface area contributed by atoms with Crippen molar-refractivity contribution in [3.8, 4) is 11.5 Å². The lowest BCUT2D eigenvalue weighted by Gasteiger charge is -2.37. The Morgan fingerprint density at radius 1 is 1.14 bits per heavy atom. The molecule has 3 heterocycles. The van der Waals surface area contributed by atoms with Gasteiger partial charge >= 0.3 is 6.18 Å². The molecule has 1 aliphatic carbocycles. The average Bonchev–Trinajstić information content (AvgIpc) is 3.60. The molecule has 0 atom stereocenters. The van der Waals surface area contributed by atoms with Crippen LogP contribution in [-0.4, -0.2) is 56.9 Å². The molecule has 6 nitrogen and oxygen atoms in total. The van der Waals surface area contributed by atoms with E-state index >= 15 is 0 Å². The third-order valence-electron chi connectivity index (χ3n) is 7.98. The van der Waals surface area contributed by atoms with Gasteiger partial charge in [-0.05, 0) is 54.6 Å². The number of fused-ring (bicyclic) bond motifs is 1. The molecule has 2 fully saturated rings. The van der Waals surface area contributed by atoms with Crippen molar-refractivity contribution >= 4 is 24.9 Å². The monoisotopic (exact) mass is 626 g/mol. The van der Waals surface area contributed by atoms with E-state index in [1.807, 2.05) is 6.92 Å². The maximum atomic E-state index is 14.9. The summed E-state index contributed by atoms with van der Waals surface area (Å²) < 4.78 is 86.5. The van der Waals surface area contributed by atoms with Crippen LogP contribution in [0.5, 0.6) is 11.5 Å². The zero-order chi connectivity index (χ0) is 31.6. The van der Waals surface area contributed by atoms with Crippen LogP contribution >= 0.6 is 0 Å². The molecule has 0 radical (unpaired) electrons. The number of benzene rings is 1. The molecule has 1 aliphatic heterocycles. The number of carbonyl (C=O) groups excluding carboxylic acids is 1. The van der Waals surface area contributed by atoms with Crippen molar-refractivity contribution in [3.05, 3.63) is 53.4 Å². The highest BCUT2D eigenvalue weighted by molar-refractivity contribution is 6.76. The van der Waals surface area contributed by atoms with Crippen LogP contribution in [0, 0.1) is 17.0 Å². The van der Waals surface area contributed by atoms with E-state index in [1.54, 1.807) is 7.11 Å². The van der Waals surface area contributed by atoms with E-state index in [9.17, 15) is 26.7 Å². The molecule has 12 heteroatoms. The van der Waals surface area contributed by atoms with E-state index in [-0.39, 0.29) is 64.8 Å². The third kappa shape index (κ3) is 7.82. The number of halogens is 5. The van der Waals surface area contributed by atoms with Crippen LogP contribution in [0.3, 0.4) is 0 Å². The molecule has 2 aliphatic rings. The molecule has 1 N–H and O–H groups in total. The first kappa shape index (κ1) is 33.1. The first-order valence-corrected chi connectivity index (χ1v) is 18.1. The van der Waals surface area contributed by atoms with Gasteiger partial charge in [-0.1, -0.05) is 26.6 Å². The molecule has 1 saturated carbocycles. The zero-order valence-corrected chi connectivity index (χ0v) is 26.2. The number of Topliss-reactive ketones (excluding diaryl/α,β-unsaturated/α-hetero) is 1. The van der Waals surface area contributed by atoms with E-state index in [4.69, 9.17) is 14.2 Å². The van der Waals surface area contributed by atoms with Crippen molar-refractivity contribution in [2.75, 3.05) is 26.9 Å². The molecule has 0 amide bonds. The Morgan fingerprint density at radius 2 is 1.79 bits per heavy atom. The Hall–Kier alpha value is -2.83. The smallest absolute Gasteiger partial charge is 0.398 e. The van der Waals surface area contributed by atoms with Crippen LogP contribution in [0.2, 0.25) is 25.7 Å². The number of carbonyl (C=O) groups is 1. The van der Waals surface area contributed by atoms with Crippen LogP contribution in [0.25, 0.3) is 11.0 Å². The fourth-order valence-corrected chi connectivity index (χ4v) is 5.82. The number of pyridine rings is 1. The lowest BCUT2D eigenvalue weighted by molar-refractivity contribution is -0.160. The van der Waals surface area contributed by atoms with Gasteiger partial charge in [0.25, 0.3) is 0 Å². The Kier molecular flexibility index (Phi) is 9.73. The van der Waals surface area contributed by atoms with E-state index in [1.165, 1.54) is 24.5 Å². The van der Waals surface area contributed by atoms with E-state index in [0.29, 0.717) is 19.6 Å². The molecular weight excluding hydrogens is 587 g/mol. The number of hydrogen-bond donors (Lipinski definition) is 1. The fourth-order valence-electron chi connectivity index (χ4n) is 5.00. The Morgan fingerprint density at radius 3 is 2.28 bits per heavy atom. The number of ketones is 1. The average molecular weight is 627 g/mol. The van der Waals surface area contributed by atoms with Crippen LogP contribution in [-0.2, 0) is 26.1 Å². The minimum atomic E-state index is -4.48. The SMILES string of the molecule is CC1(CCC(=O)Cc2cc(F)c(Oc3ccnc4[nH]cc(C5(C(F)(F)F)CC5)c34)c(F)c2)COC1.COCC[Si](C)(C)C. The van der Waals surface area contributed by atoms with Crippen molar-refractivity contribution in [1.29, 1.82) is 0 Å². The van der Waals surface area contributed by atoms with E-state index in [2.05, 4.69) is 29.6 Å². The number of aromatic nitrogens is 2. The van der Waals surface area contributed by atoms with Gasteiger partial charge in [0.15, 0.2) is 17.4 Å². The summed E-state index contributed by atoms with van der Waals surface area (Å²) in [6.45, 7) is 11.2. The first-order valence-electron chi connectivity index (χ1n) is 14.3. The van der Waals surface area contributed by atoms with Gasteiger partial charge in [-0.3, -0.25) is 4.79 Å². The van der Waals surface area contributed by atoms with Crippen molar-refractivity contribution in [3.63, 3.8) is 0 Å². The number of rotatable bonds is 11. The summed E-state index contributed by atoms with van der Waals surface area (Å²) in [5, 5.41) is 0.0360. The Labute approximate surface area is 249 Å². The molecule has 0 unspecified atom stereocenters. The van der Waals surface area contributed by atoms with Gasteiger partial charge < -0.3 is 19.2 Å². The van der Waals surface area contributed by atoms with Crippen molar-refractivity contribution in [2.45, 2.75) is 76.3 Å². The highest BCUT2D eigenvalue weighted by Crippen LogP contribution is 2.61. The predicted octanol–water partition coefficient (Wildman–Crippen LogP) is 8.13. The van der Waals surface area contributed by atoms with Gasteiger partial charge in [0.1, 0.15) is 17.2 Å². The minimum absolute atomic E-state index is 0.0360. The minimum Gasteiger partial charge on any atom is -0.450 e. The molecule has 1 saturated heterocycles.